The predicted molar refractivity (Wildman–Crippen MR) is 150 cm³/mol. The molecular formula is C29H31N7O2. The van der Waals surface area contributed by atoms with Crippen molar-refractivity contribution in [3.05, 3.63) is 98.7 Å². The van der Waals surface area contributed by atoms with Crippen LogP contribution in [0.3, 0.4) is 0 Å². The maximum absolute atomic E-state index is 14.2. The molecule has 1 aliphatic heterocycles. The van der Waals surface area contributed by atoms with Gasteiger partial charge in [0.1, 0.15) is 5.52 Å². The van der Waals surface area contributed by atoms with Crippen molar-refractivity contribution in [3.63, 3.8) is 0 Å². The minimum atomic E-state index is -0.293. The first-order valence-electron chi connectivity index (χ1n) is 13.2. The van der Waals surface area contributed by atoms with Gasteiger partial charge in [0, 0.05) is 31.1 Å². The quantitative estimate of drug-likeness (QED) is 0.378. The Kier molecular flexibility index (Phi) is 6.29. The van der Waals surface area contributed by atoms with Gasteiger partial charge in [0.05, 0.1) is 24.3 Å². The maximum Gasteiger partial charge on any atom is 0.293 e. The predicted octanol–water partition coefficient (Wildman–Crippen LogP) is 2.95. The number of nitrogens with two attached hydrogens (primary N) is 1. The topological polar surface area (TPSA) is 104 Å². The van der Waals surface area contributed by atoms with Crippen LogP contribution in [-0.2, 0) is 19.6 Å². The molecule has 194 valence electrons. The molecule has 38 heavy (non-hydrogen) atoms. The second kappa shape index (κ2) is 9.90. The molecule has 9 nitrogen and oxygen atoms in total. The molecule has 1 fully saturated rings. The molecule has 0 bridgehead atoms. The third-order valence-electron chi connectivity index (χ3n) is 7.31. The van der Waals surface area contributed by atoms with Gasteiger partial charge in [-0.2, -0.15) is 0 Å². The molecule has 0 radical (unpaired) electrons. The van der Waals surface area contributed by atoms with Gasteiger partial charge in [0.2, 0.25) is 5.95 Å². The lowest BCUT2D eigenvalue weighted by atomic mass is 10.1. The van der Waals surface area contributed by atoms with E-state index < -0.39 is 0 Å². The van der Waals surface area contributed by atoms with Crippen molar-refractivity contribution in [1.29, 1.82) is 0 Å². The summed E-state index contributed by atoms with van der Waals surface area (Å²) in [5.41, 5.74) is 8.70. The van der Waals surface area contributed by atoms with Crippen LogP contribution in [0.4, 0.5) is 5.95 Å². The SMILES string of the molecule is CCn1c(N2CCC[C@@H](N)C2)nc2c(=O)n(Cc3ccccc3)n(Cc3ccc4ccccc4n3)c(=O)c21. The van der Waals surface area contributed by atoms with Gasteiger partial charge in [-0.25, -0.2) is 14.3 Å². The number of aromatic nitrogens is 5. The van der Waals surface area contributed by atoms with Crippen LogP contribution in [0.1, 0.15) is 31.0 Å². The lowest BCUT2D eigenvalue weighted by Gasteiger charge is -2.31. The monoisotopic (exact) mass is 509 g/mol. The van der Waals surface area contributed by atoms with E-state index in [0.29, 0.717) is 30.2 Å². The van der Waals surface area contributed by atoms with Crippen LogP contribution in [0.15, 0.2) is 76.3 Å². The Morgan fingerprint density at radius 1 is 0.895 bits per heavy atom. The van der Waals surface area contributed by atoms with E-state index in [4.69, 9.17) is 15.7 Å². The number of nitrogens with zero attached hydrogens (tertiary/aromatic N) is 6. The maximum atomic E-state index is 14.2. The Bertz CT molecular complexity index is 1740. The zero-order valence-corrected chi connectivity index (χ0v) is 21.5. The number of para-hydroxylation sites is 1. The average Bonchev–Trinajstić information content (AvgIpc) is 3.34. The van der Waals surface area contributed by atoms with E-state index in [1.54, 1.807) is 0 Å². The molecule has 1 atom stereocenters. The average molecular weight is 510 g/mol. The second-order valence-electron chi connectivity index (χ2n) is 9.91. The molecule has 6 rings (SSSR count). The van der Waals surface area contributed by atoms with Gasteiger partial charge in [-0.3, -0.25) is 14.6 Å². The molecule has 1 saturated heterocycles. The Labute approximate surface area is 219 Å². The number of anilines is 1. The summed E-state index contributed by atoms with van der Waals surface area (Å²) in [6.07, 6.45) is 1.91. The van der Waals surface area contributed by atoms with E-state index in [0.717, 1.165) is 35.9 Å². The highest BCUT2D eigenvalue weighted by Gasteiger charge is 2.26. The van der Waals surface area contributed by atoms with Crippen molar-refractivity contribution in [2.24, 2.45) is 5.73 Å². The van der Waals surface area contributed by atoms with Gasteiger partial charge < -0.3 is 15.2 Å². The van der Waals surface area contributed by atoms with E-state index in [1.165, 1.54) is 9.36 Å². The molecule has 0 aliphatic carbocycles. The van der Waals surface area contributed by atoms with Crippen molar-refractivity contribution in [2.75, 3.05) is 18.0 Å². The van der Waals surface area contributed by atoms with Gasteiger partial charge in [0.15, 0.2) is 5.52 Å². The molecule has 2 N–H and O–H groups in total. The standard InChI is InChI=1S/C29H31N7O2/c1-2-34-26-25(32-29(34)33-16-8-12-22(30)18-33)27(37)35(17-20-9-4-3-5-10-20)36(28(26)38)19-23-15-14-21-11-6-7-13-24(21)31-23/h3-7,9-11,13-15,22H,2,8,12,16-19,30H2,1H3/t22-/m1/s1. The zero-order valence-electron chi connectivity index (χ0n) is 21.5. The molecule has 9 heteroatoms. The van der Waals surface area contributed by atoms with Crippen LogP contribution in [0, 0.1) is 0 Å². The number of benzene rings is 2. The minimum Gasteiger partial charge on any atom is -0.341 e. The fourth-order valence-corrected chi connectivity index (χ4v) is 5.42. The lowest BCUT2D eigenvalue weighted by molar-refractivity contribution is 0.466. The number of piperidine rings is 1. The molecule has 3 aromatic heterocycles. The zero-order chi connectivity index (χ0) is 26.2. The molecule has 4 heterocycles. The van der Waals surface area contributed by atoms with Crippen LogP contribution in [0.2, 0.25) is 0 Å². The highest BCUT2D eigenvalue weighted by Crippen LogP contribution is 2.22. The number of hydrogen-bond acceptors (Lipinski definition) is 6. The largest absolute Gasteiger partial charge is 0.341 e. The summed E-state index contributed by atoms with van der Waals surface area (Å²) in [7, 11) is 0. The lowest BCUT2D eigenvalue weighted by Crippen LogP contribution is -2.44. The minimum absolute atomic E-state index is 0.0410. The highest BCUT2D eigenvalue weighted by atomic mass is 16.2. The molecule has 0 unspecified atom stereocenters. The first-order chi connectivity index (χ1) is 18.5. The Hall–Kier alpha value is -4.24. The van der Waals surface area contributed by atoms with Crippen molar-refractivity contribution in [1.82, 2.24) is 23.9 Å². The van der Waals surface area contributed by atoms with Crippen LogP contribution >= 0.6 is 0 Å². The Balaban J connectivity index is 1.55. The summed E-state index contributed by atoms with van der Waals surface area (Å²) < 4.78 is 4.90. The molecule has 1 aliphatic rings. The van der Waals surface area contributed by atoms with E-state index >= 15 is 0 Å². The molecule has 2 aromatic carbocycles. The summed E-state index contributed by atoms with van der Waals surface area (Å²) in [6, 6.07) is 21.5. The van der Waals surface area contributed by atoms with Crippen LogP contribution < -0.4 is 21.8 Å². The Morgan fingerprint density at radius 2 is 1.66 bits per heavy atom. The summed E-state index contributed by atoms with van der Waals surface area (Å²) >= 11 is 0. The molecule has 0 spiro atoms. The van der Waals surface area contributed by atoms with E-state index in [-0.39, 0.29) is 35.8 Å². The van der Waals surface area contributed by atoms with E-state index in [1.807, 2.05) is 78.2 Å². The number of fused-ring (bicyclic) bond motifs is 2. The van der Waals surface area contributed by atoms with Gasteiger partial charge in [-0.1, -0.05) is 54.6 Å². The third kappa shape index (κ3) is 4.28. The van der Waals surface area contributed by atoms with Crippen LogP contribution in [0.5, 0.6) is 0 Å². The van der Waals surface area contributed by atoms with Gasteiger partial charge in [0.25, 0.3) is 11.1 Å². The first kappa shape index (κ1) is 24.1. The fourth-order valence-electron chi connectivity index (χ4n) is 5.42. The van der Waals surface area contributed by atoms with Crippen molar-refractivity contribution >= 4 is 27.9 Å². The first-order valence-corrected chi connectivity index (χ1v) is 13.2. The summed E-state index contributed by atoms with van der Waals surface area (Å²) in [5.74, 6) is 0.639. The summed E-state index contributed by atoms with van der Waals surface area (Å²) in [5, 5.41) is 1.02. The van der Waals surface area contributed by atoms with Gasteiger partial charge in [-0.15, -0.1) is 0 Å². The van der Waals surface area contributed by atoms with Crippen molar-refractivity contribution in [2.45, 2.75) is 45.4 Å². The second-order valence-corrected chi connectivity index (χ2v) is 9.91. The highest BCUT2D eigenvalue weighted by molar-refractivity contribution is 5.79. The fraction of sp³-hybridized carbons (Fsp3) is 0.310. The smallest absolute Gasteiger partial charge is 0.293 e. The number of aryl methyl sites for hydroxylation is 1. The Morgan fingerprint density at radius 3 is 2.45 bits per heavy atom. The summed E-state index contributed by atoms with van der Waals surface area (Å²) in [4.78, 5) is 39.8. The van der Waals surface area contributed by atoms with Gasteiger partial charge in [-0.05, 0) is 37.5 Å². The van der Waals surface area contributed by atoms with Crippen molar-refractivity contribution in [3.8, 4) is 0 Å². The van der Waals surface area contributed by atoms with Gasteiger partial charge >= 0.3 is 0 Å². The number of hydrogen-bond donors (Lipinski definition) is 1. The number of pyridine rings is 1. The normalized spacial score (nSPS) is 15.9. The van der Waals surface area contributed by atoms with Crippen LogP contribution in [0.25, 0.3) is 21.9 Å². The van der Waals surface area contributed by atoms with E-state index in [9.17, 15) is 9.59 Å². The molecule has 0 amide bonds. The molecule has 5 aromatic rings. The number of imidazole rings is 1. The summed E-state index contributed by atoms with van der Waals surface area (Å²) in [6.45, 7) is 4.35. The van der Waals surface area contributed by atoms with Crippen molar-refractivity contribution < 1.29 is 0 Å². The third-order valence-corrected chi connectivity index (χ3v) is 7.31. The number of rotatable bonds is 6. The molecular weight excluding hydrogens is 478 g/mol. The van der Waals surface area contributed by atoms with Crippen LogP contribution in [-0.4, -0.2) is 43.0 Å². The molecule has 0 saturated carbocycles. The van der Waals surface area contributed by atoms with E-state index in [2.05, 4.69) is 4.90 Å².